The molecule has 0 bridgehead atoms. The van der Waals surface area contributed by atoms with Crippen LogP contribution in [0.3, 0.4) is 0 Å². The number of piperazine rings is 1. The normalized spacial score (nSPS) is 14.1. The van der Waals surface area contributed by atoms with Crippen LogP contribution in [-0.4, -0.2) is 53.7 Å². The molecule has 1 fully saturated rings. The van der Waals surface area contributed by atoms with Gasteiger partial charge in [0.05, 0.1) is 0 Å². The molecule has 0 spiro atoms. The van der Waals surface area contributed by atoms with Gasteiger partial charge in [-0.3, -0.25) is 10.3 Å². The quantitative estimate of drug-likeness (QED) is 0.396. The number of benzene rings is 3. The molecule has 4 aromatic rings. The maximum Gasteiger partial charge on any atom is 0.417 e. The first kappa shape index (κ1) is 23.8. The number of ether oxygens (including phenoxy) is 1. The fourth-order valence-corrected chi connectivity index (χ4v) is 4.88. The molecular formula is C29H31N5O2. The fourth-order valence-electron chi connectivity index (χ4n) is 4.88. The van der Waals surface area contributed by atoms with Crippen LogP contribution in [0.2, 0.25) is 0 Å². The van der Waals surface area contributed by atoms with Crippen molar-refractivity contribution in [1.82, 2.24) is 14.9 Å². The minimum Gasteiger partial charge on any atom is -0.408 e. The van der Waals surface area contributed by atoms with Crippen LogP contribution in [0.25, 0.3) is 22.2 Å². The number of likely N-dealkylation sites (N-methyl/N-ethyl adjacent to an activating group) is 1. The smallest absolute Gasteiger partial charge is 0.408 e. The van der Waals surface area contributed by atoms with Crippen LogP contribution in [0.4, 0.5) is 16.2 Å². The van der Waals surface area contributed by atoms with E-state index in [0.717, 1.165) is 60.7 Å². The van der Waals surface area contributed by atoms with Crippen LogP contribution >= 0.6 is 0 Å². The summed E-state index contributed by atoms with van der Waals surface area (Å²) in [4.78, 5) is 26.6. The lowest BCUT2D eigenvalue weighted by Crippen LogP contribution is -2.46. The summed E-state index contributed by atoms with van der Waals surface area (Å²) in [6.45, 7) is 11.6. The Kier molecular flexibility index (Phi) is 6.82. The first-order chi connectivity index (χ1) is 17.5. The monoisotopic (exact) mass is 481 g/mol. The lowest BCUT2D eigenvalue weighted by molar-refractivity contribution is 0.215. The number of carbonyl (C=O) groups excluding carboxylic acids is 1. The lowest BCUT2D eigenvalue weighted by Gasteiger charge is -2.35. The number of nitrogens with zero attached hydrogens (tertiary/aromatic N) is 4. The van der Waals surface area contributed by atoms with Crippen molar-refractivity contribution < 1.29 is 9.53 Å². The zero-order valence-electron chi connectivity index (χ0n) is 21.0. The second kappa shape index (κ2) is 10.3. The summed E-state index contributed by atoms with van der Waals surface area (Å²) >= 11 is 0. The maximum absolute atomic E-state index is 12.7. The highest BCUT2D eigenvalue weighted by atomic mass is 16.6. The van der Waals surface area contributed by atoms with Crippen LogP contribution in [0.15, 0.2) is 67.0 Å². The van der Waals surface area contributed by atoms with E-state index < -0.39 is 6.09 Å². The van der Waals surface area contributed by atoms with Gasteiger partial charge in [-0.15, -0.1) is 0 Å². The highest BCUT2D eigenvalue weighted by Gasteiger charge is 2.18. The first-order valence-corrected chi connectivity index (χ1v) is 12.4. The molecule has 0 saturated carbocycles. The fraction of sp³-hybridized carbons (Fsp3) is 0.276. The summed E-state index contributed by atoms with van der Waals surface area (Å²) in [5.41, 5.74) is 7.49. The predicted octanol–water partition coefficient (Wildman–Crippen LogP) is 5.67. The van der Waals surface area contributed by atoms with Gasteiger partial charge in [0.25, 0.3) is 0 Å². The van der Waals surface area contributed by atoms with E-state index in [9.17, 15) is 4.79 Å². The average molecular weight is 482 g/mol. The number of amides is 1. The van der Waals surface area contributed by atoms with Gasteiger partial charge in [0.2, 0.25) is 0 Å². The summed E-state index contributed by atoms with van der Waals surface area (Å²) in [5.74, 6) is 0.371. The Bertz CT molecular complexity index is 1360. The van der Waals surface area contributed by atoms with Gasteiger partial charge in [0, 0.05) is 55.5 Å². The second-order valence-corrected chi connectivity index (χ2v) is 9.11. The molecule has 0 aliphatic carbocycles. The van der Waals surface area contributed by atoms with Gasteiger partial charge >= 0.3 is 6.09 Å². The summed E-state index contributed by atoms with van der Waals surface area (Å²) in [6.07, 6.45) is 2.71. The molecule has 0 atom stereocenters. The van der Waals surface area contributed by atoms with Crippen molar-refractivity contribution in [1.29, 1.82) is 0 Å². The van der Waals surface area contributed by atoms with Crippen molar-refractivity contribution in [2.45, 2.75) is 20.8 Å². The topological polar surface area (TPSA) is 70.6 Å². The molecule has 1 aliphatic rings. The largest absolute Gasteiger partial charge is 0.417 e. The number of anilines is 2. The number of fused-ring (bicyclic) bond motifs is 1. The Morgan fingerprint density at radius 1 is 0.889 bits per heavy atom. The van der Waals surface area contributed by atoms with Crippen molar-refractivity contribution in [2.75, 3.05) is 42.9 Å². The van der Waals surface area contributed by atoms with E-state index in [1.807, 2.05) is 36.4 Å². The van der Waals surface area contributed by atoms with Crippen LogP contribution in [-0.2, 0) is 0 Å². The van der Waals surface area contributed by atoms with Gasteiger partial charge in [0.1, 0.15) is 11.0 Å². The zero-order chi connectivity index (χ0) is 25.1. The van der Waals surface area contributed by atoms with Gasteiger partial charge in [-0.05, 0) is 73.5 Å². The Morgan fingerprint density at radius 3 is 2.22 bits per heavy atom. The van der Waals surface area contributed by atoms with Gasteiger partial charge in [-0.2, -0.15) is 0 Å². The molecule has 1 N–H and O–H groups in total. The Hall–Kier alpha value is -3.97. The molecule has 184 valence electrons. The van der Waals surface area contributed by atoms with E-state index >= 15 is 0 Å². The number of rotatable bonds is 5. The van der Waals surface area contributed by atoms with Gasteiger partial charge in [-0.25, -0.2) is 9.78 Å². The molecular weight excluding hydrogens is 450 g/mol. The summed E-state index contributed by atoms with van der Waals surface area (Å²) < 4.78 is 5.69. The van der Waals surface area contributed by atoms with Crippen molar-refractivity contribution >= 4 is 28.5 Å². The third kappa shape index (κ3) is 4.88. The number of nitrogens with one attached hydrogen (secondary N) is 1. The number of aryl methyl sites for hydroxylation is 2. The molecule has 0 unspecified atom stereocenters. The molecule has 0 radical (unpaired) electrons. The first-order valence-electron chi connectivity index (χ1n) is 12.4. The van der Waals surface area contributed by atoms with Crippen molar-refractivity contribution in [3.8, 4) is 16.9 Å². The SMILES string of the molecule is CCN1CCN(c2ccc(NC(=O)Oc3ccc(-c4c(C)cccc4C)c4nccnc34)cc2)CC1. The highest BCUT2D eigenvalue weighted by molar-refractivity contribution is 5.98. The number of carbonyl (C=O) groups is 1. The molecule has 1 aliphatic heterocycles. The summed E-state index contributed by atoms with van der Waals surface area (Å²) in [7, 11) is 0. The molecule has 7 heteroatoms. The Morgan fingerprint density at radius 2 is 1.56 bits per heavy atom. The average Bonchev–Trinajstić information content (AvgIpc) is 2.90. The molecule has 5 rings (SSSR count). The summed E-state index contributed by atoms with van der Waals surface area (Å²) in [5, 5.41) is 2.83. The highest BCUT2D eigenvalue weighted by Crippen LogP contribution is 2.35. The summed E-state index contributed by atoms with van der Waals surface area (Å²) in [6, 6.07) is 17.8. The van der Waals surface area contributed by atoms with Crippen LogP contribution in [0.1, 0.15) is 18.1 Å². The van der Waals surface area contributed by atoms with E-state index in [1.54, 1.807) is 18.5 Å². The number of hydrogen-bond acceptors (Lipinski definition) is 6. The van der Waals surface area contributed by atoms with Crippen molar-refractivity contribution in [3.63, 3.8) is 0 Å². The van der Waals surface area contributed by atoms with E-state index in [4.69, 9.17) is 4.74 Å². The van der Waals surface area contributed by atoms with Crippen LogP contribution in [0.5, 0.6) is 5.75 Å². The predicted molar refractivity (Wildman–Crippen MR) is 145 cm³/mol. The van der Waals surface area contributed by atoms with Gasteiger partial charge in [-0.1, -0.05) is 25.1 Å². The van der Waals surface area contributed by atoms with Crippen molar-refractivity contribution in [3.05, 3.63) is 78.1 Å². The van der Waals surface area contributed by atoms with E-state index in [1.165, 1.54) is 0 Å². The zero-order valence-corrected chi connectivity index (χ0v) is 21.0. The third-order valence-electron chi connectivity index (χ3n) is 6.84. The standard InChI is InChI=1S/C29H31N5O2/c1-4-33-16-18-34(19-17-33)23-10-8-22(9-11-23)32-29(35)36-25-13-12-24(27-28(25)31-15-14-30-27)26-20(2)6-5-7-21(26)3/h5-15H,4,16-19H2,1-3H3,(H,32,35). The number of aromatic nitrogens is 2. The van der Waals surface area contributed by atoms with Crippen molar-refractivity contribution in [2.24, 2.45) is 0 Å². The van der Waals surface area contributed by atoms with Gasteiger partial charge in [0.15, 0.2) is 5.75 Å². The molecule has 36 heavy (non-hydrogen) atoms. The lowest BCUT2D eigenvalue weighted by atomic mass is 9.94. The van der Waals surface area contributed by atoms with E-state index in [0.29, 0.717) is 22.5 Å². The molecule has 3 aromatic carbocycles. The van der Waals surface area contributed by atoms with Crippen LogP contribution in [0, 0.1) is 13.8 Å². The Labute approximate surface area is 211 Å². The Balaban J connectivity index is 1.32. The van der Waals surface area contributed by atoms with E-state index in [-0.39, 0.29) is 0 Å². The number of hydrogen-bond donors (Lipinski definition) is 1. The third-order valence-corrected chi connectivity index (χ3v) is 6.84. The second-order valence-electron chi connectivity index (χ2n) is 9.11. The molecule has 1 aromatic heterocycles. The molecule has 1 saturated heterocycles. The minimum absolute atomic E-state index is 0.371. The maximum atomic E-state index is 12.7. The minimum atomic E-state index is -0.564. The molecule has 1 amide bonds. The molecule has 7 nitrogen and oxygen atoms in total. The molecule has 2 heterocycles. The van der Waals surface area contributed by atoms with Gasteiger partial charge < -0.3 is 14.5 Å². The van der Waals surface area contributed by atoms with Crippen LogP contribution < -0.4 is 15.0 Å². The van der Waals surface area contributed by atoms with E-state index in [2.05, 4.69) is 58.0 Å².